The first kappa shape index (κ1) is 16.5. The summed E-state index contributed by atoms with van der Waals surface area (Å²) in [4.78, 5) is 37.7. The number of phenolic OH excluding ortho intramolecular Hbond substituents is 1. The Morgan fingerprint density at radius 1 is 1.08 bits per heavy atom. The van der Waals surface area contributed by atoms with Crippen LogP contribution in [0.25, 0.3) is 0 Å². The van der Waals surface area contributed by atoms with Crippen LogP contribution in [0.3, 0.4) is 0 Å². The van der Waals surface area contributed by atoms with Gasteiger partial charge in [-0.2, -0.15) is 0 Å². The van der Waals surface area contributed by atoms with Crippen LogP contribution < -0.4 is 0 Å². The van der Waals surface area contributed by atoms with Gasteiger partial charge in [0.2, 0.25) is 0 Å². The molecule has 0 heterocycles. The number of ketones is 2. The van der Waals surface area contributed by atoms with Crippen LogP contribution in [0, 0.1) is 5.92 Å². The average molecular weight is 350 g/mol. The van der Waals surface area contributed by atoms with Crippen molar-refractivity contribution in [1.82, 2.24) is 0 Å². The van der Waals surface area contributed by atoms with Gasteiger partial charge in [0.25, 0.3) is 0 Å². The highest BCUT2D eigenvalue weighted by atomic mass is 16.5. The van der Waals surface area contributed by atoms with E-state index in [1.807, 2.05) is 6.07 Å². The normalized spacial score (nSPS) is 20.8. The van der Waals surface area contributed by atoms with E-state index in [9.17, 15) is 19.5 Å². The number of hydrogen-bond donors (Lipinski definition) is 1. The first-order valence-electron chi connectivity index (χ1n) is 8.62. The van der Waals surface area contributed by atoms with E-state index in [0.717, 1.165) is 12.0 Å². The summed E-state index contributed by atoms with van der Waals surface area (Å²) in [6.45, 7) is 3.41. The molecule has 0 radical (unpaired) electrons. The molecule has 132 valence electrons. The second-order valence-corrected chi connectivity index (χ2v) is 7.06. The van der Waals surface area contributed by atoms with Crippen LogP contribution in [-0.4, -0.2) is 22.6 Å². The number of rotatable bonds is 1. The van der Waals surface area contributed by atoms with E-state index in [1.54, 1.807) is 18.2 Å². The second-order valence-electron chi connectivity index (χ2n) is 7.06. The number of benzene rings is 2. The maximum Gasteiger partial charge on any atom is 0.303 e. The molecule has 5 heteroatoms. The van der Waals surface area contributed by atoms with Gasteiger partial charge in [-0.25, -0.2) is 0 Å². The molecule has 2 aliphatic carbocycles. The van der Waals surface area contributed by atoms with Gasteiger partial charge in [0.1, 0.15) is 11.9 Å². The van der Waals surface area contributed by atoms with Crippen molar-refractivity contribution in [2.75, 3.05) is 0 Å². The van der Waals surface area contributed by atoms with E-state index in [-0.39, 0.29) is 34.0 Å². The van der Waals surface area contributed by atoms with Crippen molar-refractivity contribution in [3.8, 4) is 5.75 Å². The van der Waals surface area contributed by atoms with E-state index in [4.69, 9.17) is 4.74 Å². The SMILES string of the molecule is CC(=O)O[C@@H]1C[C@@H](C)Cc2ccc3c(c21)C(=O)c1cccc(O)c1C3=O. The number of carbonyl (C=O) groups is 3. The Hall–Kier alpha value is -2.95. The molecule has 4 rings (SSSR count). The summed E-state index contributed by atoms with van der Waals surface area (Å²) in [6.07, 6.45) is 0.823. The molecule has 0 amide bonds. The maximum atomic E-state index is 13.2. The van der Waals surface area contributed by atoms with Crippen LogP contribution in [0.1, 0.15) is 69.3 Å². The summed E-state index contributed by atoms with van der Waals surface area (Å²) in [5.41, 5.74) is 2.37. The van der Waals surface area contributed by atoms with Gasteiger partial charge in [-0.15, -0.1) is 0 Å². The molecule has 26 heavy (non-hydrogen) atoms. The fraction of sp³-hybridized carbons (Fsp3) is 0.286. The van der Waals surface area contributed by atoms with Crippen molar-refractivity contribution in [2.24, 2.45) is 5.92 Å². The lowest BCUT2D eigenvalue weighted by atomic mass is 9.74. The van der Waals surface area contributed by atoms with Gasteiger partial charge in [-0.05, 0) is 36.5 Å². The van der Waals surface area contributed by atoms with Crippen molar-refractivity contribution < 1.29 is 24.2 Å². The van der Waals surface area contributed by atoms with Crippen LogP contribution in [0.15, 0.2) is 30.3 Å². The predicted molar refractivity (Wildman–Crippen MR) is 93.4 cm³/mol. The Morgan fingerprint density at radius 2 is 1.77 bits per heavy atom. The molecule has 0 fully saturated rings. The molecule has 0 aliphatic heterocycles. The number of hydrogen-bond acceptors (Lipinski definition) is 5. The van der Waals surface area contributed by atoms with Crippen LogP contribution in [0.4, 0.5) is 0 Å². The first-order valence-corrected chi connectivity index (χ1v) is 8.62. The lowest BCUT2D eigenvalue weighted by Gasteiger charge is -2.33. The first-order chi connectivity index (χ1) is 12.4. The molecule has 1 N–H and O–H groups in total. The van der Waals surface area contributed by atoms with Crippen LogP contribution in [0.2, 0.25) is 0 Å². The number of esters is 1. The van der Waals surface area contributed by atoms with E-state index < -0.39 is 12.1 Å². The Balaban J connectivity index is 1.97. The van der Waals surface area contributed by atoms with Gasteiger partial charge in [-0.3, -0.25) is 14.4 Å². The number of fused-ring (bicyclic) bond motifs is 4. The van der Waals surface area contributed by atoms with Gasteiger partial charge in [-0.1, -0.05) is 25.1 Å². The maximum absolute atomic E-state index is 13.2. The largest absolute Gasteiger partial charge is 0.507 e. The highest BCUT2D eigenvalue weighted by Gasteiger charge is 2.39. The lowest BCUT2D eigenvalue weighted by molar-refractivity contribution is -0.147. The Labute approximate surface area is 150 Å². The number of aromatic hydroxyl groups is 1. The molecule has 0 saturated heterocycles. The summed E-state index contributed by atoms with van der Waals surface area (Å²) in [5.74, 6) is -1.00. The summed E-state index contributed by atoms with van der Waals surface area (Å²) < 4.78 is 5.50. The summed E-state index contributed by atoms with van der Waals surface area (Å²) in [7, 11) is 0. The quantitative estimate of drug-likeness (QED) is 0.681. The predicted octanol–water partition coefficient (Wildman–Crippen LogP) is 3.35. The zero-order chi connectivity index (χ0) is 18.6. The number of ether oxygens (including phenoxy) is 1. The molecule has 2 aromatic rings. The number of phenols is 1. The third kappa shape index (κ3) is 2.35. The molecular formula is C21H18O5. The van der Waals surface area contributed by atoms with Crippen LogP contribution >= 0.6 is 0 Å². The molecule has 0 saturated carbocycles. The average Bonchev–Trinajstić information content (AvgIpc) is 2.58. The van der Waals surface area contributed by atoms with Gasteiger partial charge >= 0.3 is 5.97 Å². The van der Waals surface area contributed by atoms with Crippen LogP contribution in [-0.2, 0) is 16.0 Å². The molecule has 0 spiro atoms. The van der Waals surface area contributed by atoms with Crippen molar-refractivity contribution >= 4 is 17.5 Å². The minimum absolute atomic E-state index is 0.0400. The molecule has 2 aliphatic rings. The second kappa shape index (κ2) is 5.80. The topological polar surface area (TPSA) is 80.7 Å². The fourth-order valence-corrected chi connectivity index (χ4v) is 4.13. The molecule has 2 aromatic carbocycles. The Kier molecular flexibility index (Phi) is 3.68. The van der Waals surface area contributed by atoms with Crippen molar-refractivity contribution in [3.63, 3.8) is 0 Å². The monoisotopic (exact) mass is 350 g/mol. The van der Waals surface area contributed by atoms with Crippen molar-refractivity contribution in [1.29, 1.82) is 0 Å². The Morgan fingerprint density at radius 3 is 2.50 bits per heavy atom. The van der Waals surface area contributed by atoms with E-state index >= 15 is 0 Å². The van der Waals surface area contributed by atoms with E-state index in [0.29, 0.717) is 23.5 Å². The summed E-state index contributed by atoms with van der Waals surface area (Å²) >= 11 is 0. The summed E-state index contributed by atoms with van der Waals surface area (Å²) in [6, 6.07) is 7.97. The van der Waals surface area contributed by atoms with E-state index in [2.05, 4.69) is 6.92 Å². The molecule has 0 unspecified atom stereocenters. The van der Waals surface area contributed by atoms with Gasteiger partial charge in [0.05, 0.1) is 5.56 Å². The molecular weight excluding hydrogens is 332 g/mol. The van der Waals surface area contributed by atoms with Gasteiger partial charge in [0.15, 0.2) is 11.6 Å². The van der Waals surface area contributed by atoms with Gasteiger partial charge in [0, 0.05) is 29.2 Å². The highest BCUT2D eigenvalue weighted by molar-refractivity contribution is 6.29. The molecule has 0 aromatic heterocycles. The minimum Gasteiger partial charge on any atom is -0.507 e. The van der Waals surface area contributed by atoms with E-state index in [1.165, 1.54) is 13.0 Å². The third-order valence-corrected chi connectivity index (χ3v) is 5.14. The summed E-state index contributed by atoms with van der Waals surface area (Å²) in [5, 5.41) is 10.1. The zero-order valence-corrected chi connectivity index (χ0v) is 14.5. The molecule has 0 bridgehead atoms. The fourth-order valence-electron chi connectivity index (χ4n) is 4.13. The highest BCUT2D eigenvalue weighted by Crippen LogP contribution is 2.43. The Bertz CT molecular complexity index is 973. The minimum atomic E-state index is -0.545. The van der Waals surface area contributed by atoms with Crippen molar-refractivity contribution in [2.45, 2.75) is 32.8 Å². The standard InChI is InChI=1S/C21H18O5/c1-10-8-12-6-7-14-19(17(12)16(9-10)26-11(2)22)21(25)13-4-3-5-15(23)18(13)20(14)24/h3-7,10,16,23H,8-9H2,1-2H3/t10-,16+/m0/s1. The lowest BCUT2D eigenvalue weighted by Crippen LogP contribution is -2.28. The zero-order valence-electron chi connectivity index (χ0n) is 14.5. The van der Waals surface area contributed by atoms with Crippen LogP contribution in [0.5, 0.6) is 5.75 Å². The number of carbonyl (C=O) groups excluding carboxylic acids is 3. The molecule has 5 nitrogen and oxygen atoms in total. The smallest absolute Gasteiger partial charge is 0.303 e. The molecule has 2 atom stereocenters. The van der Waals surface area contributed by atoms with Gasteiger partial charge < -0.3 is 9.84 Å². The van der Waals surface area contributed by atoms with Crippen molar-refractivity contribution in [3.05, 3.63) is 63.7 Å². The third-order valence-electron chi connectivity index (χ3n) is 5.14.